The predicted octanol–water partition coefficient (Wildman–Crippen LogP) is 4.65. The lowest BCUT2D eigenvalue weighted by Crippen LogP contribution is -2.26. The molecule has 0 unspecified atom stereocenters. The molecular formula is C22H27NO3S. The summed E-state index contributed by atoms with van der Waals surface area (Å²) >= 11 is 1.53. The number of hydrogen-bond donors (Lipinski definition) is 1. The average molecular weight is 386 g/mol. The fourth-order valence-electron chi connectivity index (χ4n) is 3.40. The van der Waals surface area contributed by atoms with Crippen molar-refractivity contribution >= 4 is 28.6 Å². The van der Waals surface area contributed by atoms with Gasteiger partial charge in [-0.25, -0.2) is 4.79 Å². The van der Waals surface area contributed by atoms with Gasteiger partial charge in [0.2, 0.25) is 5.91 Å². The van der Waals surface area contributed by atoms with Crippen molar-refractivity contribution in [3.63, 3.8) is 0 Å². The number of rotatable bonds is 7. The van der Waals surface area contributed by atoms with E-state index in [9.17, 15) is 9.59 Å². The summed E-state index contributed by atoms with van der Waals surface area (Å²) in [7, 11) is 0. The van der Waals surface area contributed by atoms with E-state index in [1.54, 1.807) is 0 Å². The van der Waals surface area contributed by atoms with Gasteiger partial charge in [-0.3, -0.25) is 4.79 Å². The van der Waals surface area contributed by atoms with Gasteiger partial charge in [0.05, 0.1) is 5.75 Å². The zero-order valence-electron chi connectivity index (χ0n) is 16.1. The number of carbonyl (C=O) groups is 1. The standard InChI is InChI=1S/C22H27NO3S/c1-15-10-19-18(12-22(25)26-20(19)11-16(15)2)13-27-14-21(24)23-9-8-17-6-4-3-5-7-17/h6,10-12H,3-5,7-9,13-14H2,1-2H3,(H,23,24). The molecule has 5 heteroatoms. The molecule has 0 atom stereocenters. The van der Waals surface area contributed by atoms with Crippen LogP contribution in [0.1, 0.15) is 48.8 Å². The van der Waals surface area contributed by atoms with Crippen molar-refractivity contribution in [3.8, 4) is 0 Å². The zero-order valence-corrected chi connectivity index (χ0v) is 16.9. The summed E-state index contributed by atoms with van der Waals surface area (Å²) in [5.74, 6) is 1.06. The van der Waals surface area contributed by atoms with Crippen molar-refractivity contribution in [3.05, 3.63) is 57.0 Å². The number of allylic oxidation sites excluding steroid dienone is 1. The van der Waals surface area contributed by atoms with Crippen LogP contribution in [0.25, 0.3) is 11.0 Å². The van der Waals surface area contributed by atoms with E-state index in [2.05, 4.69) is 17.5 Å². The van der Waals surface area contributed by atoms with Gasteiger partial charge in [0.15, 0.2) is 0 Å². The van der Waals surface area contributed by atoms with Crippen LogP contribution in [0.2, 0.25) is 0 Å². The van der Waals surface area contributed by atoms with E-state index < -0.39 is 0 Å². The molecule has 1 aromatic heterocycles. The maximum Gasteiger partial charge on any atom is 0.336 e. The Labute approximate surface area is 164 Å². The number of nitrogens with one attached hydrogen (secondary N) is 1. The van der Waals surface area contributed by atoms with Gasteiger partial charge in [0.1, 0.15) is 5.58 Å². The molecule has 2 aromatic rings. The molecule has 1 heterocycles. The van der Waals surface area contributed by atoms with Crippen LogP contribution in [0, 0.1) is 13.8 Å². The Morgan fingerprint density at radius 2 is 2.00 bits per heavy atom. The van der Waals surface area contributed by atoms with Gasteiger partial charge in [-0.2, -0.15) is 0 Å². The first-order valence-electron chi connectivity index (χ1n) is 9.59. The molecule has 1 N–H and O–H groups in total. The van der Waals surface area contributed by atoms with E-state index >= 15 is 0 Å². The molecule has 1 aliphatic carbocycles. The van der Waals surface area contributed by atoms with E-state index in [1.165, 1.54) is 49.1 Å². The second-order valence-electron chi connectivity index (χ2n) is 7.22. The summed E-state index contributed by atoms with van der Waals surface area (Å²) in [5.41, 5.74) is 4.94. The Hall–Kier alpha value is -2.01. The van der Waals surface area contributed by atoms with Crippen molar-refractivity contribution in [2.45, 2.75) is 51.7 Å². The highest BCUT2D eigenvalue weighted by atomic mass is 32.2. The summed E-state index contributed by atoms with van der Waals surface area (Å²) in [6.07, 6.45) is 8.19. The Morgan fingerprint density at radius 1 is 1.19 bits per heavy atom. The van der Waals surface area contributed by atoms with Crippen LogP contribution in [0.5, 0.6) is 0 Å². The largest absolute Gasteiger partial charge is 0.423 e. The molecule has 0 bridgehead atoms. The highest BCUT2D eigenvalue weighted by Gasteiger charge is 2.10. The normalized spacial score (nSPS) is 14.2. The summed E-state index contributed by atoms with van der Waals surface area (Å²) in [5, 5.41) is 3.95. The van der Waals surface area contributed by atoms with Crippen molar-refractivity contribution in [2.24, 2.45) is 0 Å². The fourth-order valence-corrected chi connectivity index (χ4v) is 4.25. The summed E-state index contributed by atoms with van der Waals surface area (Å²) < 4.78 is 5.33. The SMILES string of the molecule is Cc1cc2oc(=O)cc(CSCC(=O)NCCC3=CCCCC3)c2cc1C. The van der Waals surface area contributed by atoms with Gasteiger partial charge in [-0.1, -0.05) is 11.6 Å². The molecular weight excluding hydrogens is 358 g/mol. The minimum Gasteiger partial charge on any atom is -0.423 e. The zero-order chi connectivity index (χ0) is 19.2. The number of benzene rings is 1. The highest BCUT2D eigenvalue weighted by Crippen LogP contribution is 2.24. The van der Waals surface area contributed by atoms with E-state index in [4.69, 9.17) is 4.42 Å². The number of carbonyl (C=O) groups excluding carboxylic acids is 1. The van der Waals surface area contributed by atoms with E-state index in [0.29, 0.717) is 23.6 Å². The maximum absolute atomic E-state index is 12.1. The number of hydrogen-bond acceptors (Lipinski definition) is 4. The third-order valence-electron chi connectivity index (χ3n) is 5.09. The lowest BCUT2D eigenvalue weighted by atomic mass is 9.97. The first-order chi connectivity index (χ1) is 13.0. The van der Waals surface area contributed by atoms with E-state index in [0.717, 1.165) is 28.5 Å². The molecule has 0 saturated carbocycles. The molecule has 0 saturated heterocycles. The summed E-state index contributed by atoms with van der Waals surface area (Å²) in [6, 6.07) is 5.51. The Balaban J connectivity index is 1.52. The number of amides is 1. The molecule has 1 aliphatic rings. The Morgan fingerprint density at radius 3 is 2.78 bits per heavy atom. The molecule has 0 aliphatic heterocycles. The first-order valence-corrected chi connectivity index (χ1v) is 10.7. The first kappa shape index (κ1) is 19.7. The van der Waals surface area contributed by atoms with Crippen molar-refractivity contribution in [1.29, 1.82) is 0 Å². The number of thioether (sulfide) groups is 1. The second-order valence-corrected chi connectivity index (χ2v) is 8.21. The van der Waals surface area contributed by atoms with Gasteiger partial charge in [0, 0.05) is 23.8 Å². The average Bonchev–Trinajstić information content (AvgIpc) is 2.64. The van der Waals surface area contributed by atoms with Crippen LogP contribution in [0.15, 0.2) is 39.1 Å². The predicted molar refractivity (Wildman–Crippen MR) is 112 cm³/mol. The van der Waals surface area contributed by atoms with Crippen molar-refractivity contribution in [2.75, 3.05) is 12.3 Å². The fraction of sp³-hybridized carbons (Fsp3) is 0.455. The number of fused-ring (bicyclic) bond motifs is 1. The molecule has 0 fully saturated rings. The van der Waals surface area contributed by atoms with Crippen LogP contribution in [-0.4, -0.2) is 18.2 Å². The van der Waals surface area contributed by atoms with Crippen LogP contribution in [-0.2, 0) is 10.5 Å². The topological polar surface area (TPSA) is 59.3 Å². The van der Waals surface area contributed by atoms with Crippen molar-refractivity contribution in [1.82, 2.24) is 5.32 Å². The summed E-state index contributed by atoms with van der Waals surface area (Å²) in [6.45, 7) is 4.76. The van der Waals surface area contributed by atoms with Gasteiger partial charge in [0.25, 0.3) is 0 Å². The molecule has 0 spiro atoms. The molecule has 1 aromatic carbocycles. The van der Waals surface area contributed by atoms with Gasteiger partial charge >= 0.3 is 5.63 Å². The molecule has 3 rings (SSSR count). The van der Waals surface area contributed by atoms with Gasteiger partial charge in [-0.15, -0.1) is 11.8 Å². The Kier molecular flexibility index (Phi) is 6.78. The maximum atomic E-state index is 12.1. The monoisotopic (exact) mass is 385 g/mol. The lowest BCUT2D eigenvalue weighted by molar-refractivity contribution is -0.118. The minimum atomic E-state index is -0.341. The molecule has 4 nitrogen and oxygen atoms in total. The number of aryl methyl sites for hydroxylation is 2. The van der Waals surface area contributed by atoms with Crippen LogP contribution >= 0.6 is 11.8 Å². The van der Waals surface area contributed by atoms with E-state index in [1.807, 2.05) is 19.9 Å². The third-order valence-corrected chi connectivity index (χ3v) is 6.07. The van der Waals surface area contributed by atoms with Gasteiger partial charge < -0.3 is 9.73 Å². The highest BCUT2D eigenvalue weighted by molar-refractivity contribution is 7.99. The molecule has 0 radical (unpaired) electrons. The quantitative estimate of drug-likeness (QED) is 0.557. The molecule has 144 valence electrons. The molecule has 27 heavy (non-hydrogen) atoms. The van der Waals surface area contributed by atoms with Gasteiger partial charge in [-0.05, 0) is 74.8 Å². The lowest BCUT2D eigenvalue weighted by Gasteiger charge is -2.13. The second kappa shape index (κ2) is 9.27. The van der Waals surface area contributed by atoms with E-state index in [-0.39, 0.29) is 11.5 Å². The van der Waals surface area contributed by atoms with Crippen LogP contribution in [0.4, 0.5) is 0 Å². The summed E-state index contributed by atoms with van der Waals surface area (Å²) in [4.78, 5) is 23.9. The smallest absolute Gasteiger partial charge is 0.336 e. The van der Waals surface area contributed by atoms with Crippen LogP contribution < -0.4 is 10.9 Å². The Bertz CT molecular complexity index is 914. The molecule has 1 amide bonds. The van der Waals surface area contributed by atoms with Crippen LogP contribution in [0.3, 0.4) is 0 Å². The van der Waals surface area contributed by atoms with Crippen molar-refractivity contribution < 1.29 is 9.21 Å². The minimum absolute atomic E-state index is 0.0516. The third kappa shape index (κ3) is 5.48.